The summed E-state index contributed by atoms with van der Waals surface area (Å²) in [5.41, 5.74) is 6.88. The van der Waals surface area contributed by atoms with Gasteiger partial charge in [-0.1, -0.05) is 53.6 Å². The number of carbonyl (C=O) groups is 1. The molecule has 3 heterocycles. The lowest BCUT2D eigenvalue weighted by molar-refractivity contribution is -0.186. The van der Waals surface area contributed by atoms with Crippen molar-refractivity contribution in [3.63, 3.8) is 0 Å². The molecular formula is C27H33N3O3. The maximum absolute atomic E-state index is 13.5. The van der Waals surface area contributed by atoms with Crippen LogP contribution in [0.25, 0.3) is 0 Å². The van der Waals surface area contributed by atoms with Crippen LogP contribution in [0.3, 0.4) is 0 Å². The van der Waals surface area contributed by atoms with Gasteiger partial charge in [0.25, 0.3) is 5.91 Å². The van der Waals surface area contributed by atoms with Gasteiger partial charge >= 0.3 is 0 Å². The summed E-state index contributed by atoms with van der Waals surface area (Å²) in [5, 5.41) is 6.62. The van der Waals surface area contributed by atoms with Gasteiger partial charge in [0.15, 0.2) is 5.79 Å². The van der Waals surface area contributed by atoms with Gasteiger partial charge in [-0.2, -0.15) is 5.10 Å². The molecule has 0 aliphatic carbocycles. The van der Waals surface area contributed by atoms with E-state index in [2.05, 4.69) is 68.1 Å². The number of amides is 1. The van der Waals surface area contributed by atoms with E-state index in [1.54, 1.807) is 5.01 Å². The predicted molar refractivity (Wildman–Crippen MR) is 128 cm³/mol. The molecule has 6 heteroatoms. The summed E-state index contributed by atoms with van der Waals surface area (Å²) in [7, 11) is 0. The first-order chi connectivity index (χ1) is 15.9. The quantitative estimate of drug-likeness (QED) is 0.707. The smallest absolute Gasteiger partial charge is 0.257 e. The molecule has 5 rings (SSSR count). The number of hydrazone groups is 1. The monoisotopic (exact) mass is 447 g/mol. The van der Waals surface area contributed by atoms with E-state index in [-0.39, 0.29) is 11.9 Å². The van der Waals surface area contributed by atoms with Crippen molar-refractivity contribution in [1.29, 1.82) is 0 Å². The van der Waals surface area contributed by atoms with E-state index < -0.39 is 5.79 Å². The summed E-state index contributed by atoms with van der Waals surface area (Å²) < 4.78 is 11.7. The summed E-state index contributed by atoms with van der Waals surface area (Å²) in [6.45, 7) is 9.59. The summed E-state index contributed by atoms with van der Waals surface area (Å²) in [6.07, 6.45) is 2.33. The molecule has 3 aliphatic heterocycles. The van der Waals surface area contributed by atoms with Crippen LogP contribution in [0.2, 0.25) is 0 Å². The Morgan fingerprint density at radius 3 is 2.33 bits per heavy atom. The Balaban J connectivity index is 1.36. The minimum absolute atomic E-state index is 0.0459. The highest BCUT2D eigenvalue weighted by atomic mass is 16.7. The number of likely N-dealkylation sites (tertiary alicyclic amines) is 1. The van der Waals surface area contributed by atoms with Gasteiger partial charge in [0, 0.05) is 37.9 Å². The number of nitrogens with zero attached hydrogens (tertiary/aromatic N) is 3. The molecule has 33 heavy (non-hydrogen) atoms. The number of benzene rings is 2. The van der Waals surface area contributed by atoms with Gasteiger partial charge < -0.3 is 9.47 Å². The van der Waals surface area contributed by atoms with E-state index in [1.807, 2.05) is 0 Å². The van der Waals surface area contributed by atoms with Crippen molar-refractivity contribution in [1.82, 2.24) is 9.91 Å². The highest BCUT2D eigenvalue weighted by Crippen LogP contribution is 2.35. The maximum atomic E-state index is 13.5. The van der Waals surface area contributed by atoms with Crippen molar-refractivity contribution >= 4 is 11.6 Å². The van der Waals surface area contributed by atoms with Crippen LogP contribution in [0, 0.1) is 20.8 Å². The highest BCUT2D eigenvalue weighted by Gasteiger charge is 2.41. The summed E-state index contributed by atoms with van der Waals surface area (Å²) >= 11 is 0. The molecule has 3 aliphatic rings. The van der Waals surface area contributed by atoms with Crippen molar-refractivity contribution < 1.29 is 14.3 Å². The van der Waals surface area contributed by atoms with Gasteiger partial charge in [-0.05, 0) is 31.9 Å². The van der Waals surface area contributed by atoms with Crippen LogP contribution < -0.4 is 0 Å². The minimum Gasteiger partial charge on any atom is -0.347 e. The van der Waals surface area contributed by atoms with Crippen molar-refractivity contribution in [2.75, 3.05) is 32.8 Å². The minimum atomic E-state index is -0.425. The normalized spacial score (nSPS) is 22.7. The number of ether oxygens (including phenoxy) is 2. The van der Waals surface area contributed by atoms with Crippen LogP contribution >= 0.6 is 0 Å². The second-order valence-electron chi connectivity index (χ2n) is 9.62. The average molecular weight is 448 g/mol. The molecule has 1 amide bonds. The van der Waals surface area contributed by atoms with Gasteiger partial charge in [-0.3, -0.25) is 9.69 Å². The molecule has 0 saturated carbocycles. The van der Waals surface area contributed by atoms with Gasteiger partial charge in [0.2, 0.25) is 0 Å². The molecule has 1 spiro atoms. The highest BCUT2D eigenvalue weighted by molar-refractivity contribution is 6.04. The molecule has 0 bridgehead atoms. The van der Waals surface area contributed by atoms with Gasteiger partial charge in [-0.15, -0.1) is 0 Å². The molecule has 2 saturated heterocycles. The molecule has 174 valence electrons. The second-order valence-corrected chi connectivity index (χ2v) is 9.62. The molecule has 6 nitrogen and oxygen atoms in total. The molecular weight excluding hydrogens is 414 g/mol. The van der Waals surface area contributed by atoms with E-state index in [4.69, 9.17) is 14.6 Å². The Hall–Kier alpha value is -2.54. The zero-order valence-electron chi connectivity index (χ0n) is 19.8. The fourth-order valence-electron chi connectivity index (χ4n) is 5.19. The van der Waals surface area contributed by atoms with Gasteiger partial charge in [-0.25, -0.2) is 5.01 Å². The van der Waals surface area contributed by atoms with Crippen LogP contribution in [-0.2, 0) is 14.3 Å². The fraction of sp³-hybridized carbons (Fsp3) is 0.481. The Kier molecular flexibility index (Phi) is 6.08. The average Bonchev–Trinajstić information content (AvgIpc) is 3.44. The zero-order chi connectivity index (χ0) is 23.0. The lowest BCUT2D eigenvalue weighted by atomic mass is 9.95. The maximum Gasteiger partial charge on any atom is 0.257 e. The van der Waals surface area contributed by atoms with Crippen LogP contribution in [0.15, 0.2) is 47.6 Å². The molecule has 1 unspecified atom stereocenters. The van der Waals surface area contributed by atoms with Crippen molar-refractivity contribution in [2.24, 2.45) is 5.10 Å². The Morgan fingerprint density at radius 1 is 1.00 bits per heavy atom. The van der Waals surface area contributed by atoms with Gasteiger partial charge in [0.05, 0.1) is 31.5 Å². The first kappa shape index (κ1) is 22.3. The van der Waals surface area contributed by atoms with Crippen LogP contribution in [0.5, 0.6) is 0 Å². The largest absolute Gasteiger partial charge is 0.347 e. The Bertz CT molecular complexity index is 1050. The number of piperidine rings is 1. The molecule has 0 aromatic heterocycles. The number of hydrogen-bond donors (Lipinski definition) is 0. The van der Waals surface area contributed by atoms with E-state index in [0.29, 0.717) is 19.8 Å². The fourth-order valence-corrected chi connectivity index (χ4v) is 5.19. The molecule has 2 aromatic rings. The predicted octanol–water partition coefficient (Wildman–Crippen LogP) is 4.13. The third kappa shape index (κ3) is 4.60. The third-order valence-electron chi connectivity index (χ3n) is 7.11. The molecule has 2 fully saturated rings. The van der Waals surface area contributed by atoms with Crippen molar-refractivity contribution in [3.8, 4) is 0 Å². The van der Waals surface area contributed by atoms with Crippen LogP contribution in [-0.4, -0.2) is 60.2 Å². The second kappa shape index (κ2) is 9.01. The molecule has 1 atom stereocenters. The van der Waals surface area contributed by atoms with Crippen LogP contribution in [0.4, 0.5) is 0 Å². The van der Waals surface area contributed by atoms with Crippen molar-refractivity contribution in [3.05, 3.63) is 70.3 Å². The van der Waals surface area contributed by atoms with E-state index in [0.717, 1.165) is 49.2 Å². The number of carbonyl (C=O) groups excluding carboxylic acids is 1. The Morgan fingerprint density at radius 2 is 1.67 bits per heavy atom. The van der Waals surface area contributed by atoms with Crippen LogP contribution in [0.1, 0.15) is 53.1 Å². The summed E-state index contributed by atoms with van der Waals surface area (Å²) in [5.74, 6) is -0.379. The lowest BCUT2D eigenvalue weighted by Gasteiger charge is -2.37. The van der Waals surface area contributed by atoms with E-state index in [1.165, 1.54) is 16.7 Å². The van der Waals surface area contributed by atoms with Crippen molar-refractivity contribution in [2.45, 2.75) is 51.9 Å². The number of rotatable bonds is 4. The summed E-state index contributed by atoms with van der Waals surface area (Å²) in [4.78, 5) is 15.7. The topological polar surface area (TPSA) is 54.4 Å². The third-order valence-corrected chi connectivity index (χ3v) is 7.11. The van der Waals surface area contributed by atoms with E-state index in [9.17, 15) is 4.79 Å². The first-order valence-corrected chi connectivity index (χ1v) is 12.0. The lowest BCUT2D eigenvalue weighted by Crippen LogP contribution is -2.48. The number of hydrogen-bond acceptors (Lipinski definition) is 5. The standard InChI is InChI=1S/C27H33N3O3/c1-19-4-7-22(8-5-19)25-17-24(23-9-6-20(2)16-21(23)3)28-30(25)26(31)18-29-12-10-27(11-13-29)32-14-15-33-27/h4-9,16,25H,10-15,17-18H2,1-3H3. The molecule has 0 N–H and O–H groups in total. The Labute approximate surface area is 196 Å². The number of aryl methyl sites for hydroxylation is 3. The summed E-state index contributed by atoms with van der Waals surface area (Å²) in [6, 6.07) is 14.8. The molecule has 2 aromatic carbocycles. The molecule has 0 radical (unpaired) electrons. The van der Waals surface area contributed by atoms with Gasteiger partial charge in [0.1, 0.15) is 0 Å². The SMILES string of the molecule is Cc1ccc(C2CC(c3ccc(C)cc3C)=NN2C(=O)CN2CCC3(CC2)OCCO3)cc1. The zero-order valence-corrected chi connectivity index (χ0v) is 19.8. The van der Waals surface area contributed by atoms with E-state index >= 15 is 0 Å². The first-order valence-electron chi connectivity index (χ1n) is 12.0.